The second-order valence-corrected chi connectivity index (χ2v) is 6.00. The Morgan fingerprint density at radius 3 is 3.05 bits per heavy atom. The van der Waals surface area contributed by atoms with Crippen LogP contribution >= 0.6 is 0 Å². The molecule has 114 valence electrons. The van der Waals surface area contributed by atoms with Crippen LogP contribution in [-0.4, -0.2) is 35.4 Å². The molecule has 1 aliphatic rings. The fourth-order valence-electron chi connectivity index (χ4n) is 2.66. The molecule has 0 bridgehead atoms. The van der Waals surface area contributed by atoms with Crippen LogP contribution in [0.3, 0.4) is 0 Å². The van der Waals surface area contributed by atoms with E-state index in [0.717, 1.165) is 44.6 Å². The van der Waals surface area contributed by atoms with Gasteiger partial charge in [0, 0.05) is 18.8 Å². The molecule has 4 nitrogen and oxygen atoms in total. The van der Waals surface area contributed by atoms with Gasteiger partial charge in [0.15, 0.2) is 0 Å². The summed E-state index contributed by atoms with van der Waals surface area (Å²) in [5.41, 5.74) is 2.12. The number of nitrogens with zero attached hydrogens (tertiary/aromatic N) is 2. The lowest BCUT2D eigenvalue weighted by Gasteiger charge is -2.31. The molecule has 21 heavy (non-hydrogen) atoms. The van der Waals surface area contributed by atoms with E-state index in [1.165, 1.54) is 5.57 Å². The molecule has 0 unspecified atom stereocenters. The number of aromatic nitrogens is 1. The second-order valence-electron chi connectivity index (χ2n) is 6.00. The van der Waals surface area contributed by atoms with E-state index >= 15 is 0 Å². The molecule has 1 fully saturated rings. The smallest absolute Gasteiger partial charge is 0.229 e. The maximum atomic E-state index is 12.4. The highest BCUT2D eigenvalue weighted by atomic mass is 16.2. The number of pyridine rings is 1. The lowest BCUT2D eigenvalue weighted by atomic mass is 9.97. The first-order valence-electron chi connectivity index (χ1n) is 7.66. The Morgan fingerprint density at radius 1 is 1.52 bits per heavy atom. The van der Waals surface area contributed by atoms with Gasteiger partial charge in [-0.25, -0.2) is 4.98 Å². The van der Waals surface area contributed by atoms with Gasteiger partial charge in [-0.2, -0.15) is 0 Å². The van der Waals surface area contributed by atoms with Gasteiger partial charge in [0.25, 0.3) is 0 Å². The first-order valence-corrected chi connectivity index (χ1v) is 7.66. The zero-order valence-electron chi connectivity index (χ0n) is 13.1. The predicted molar refractivity (Wildman–Crippen MR) is 86.2 cm³/mol. The molecule has 1 atom stereocenters. The number of carbonyl (C=O) groups is 1. The van der Waals surface area contributed by atoms with Crippen LogP contribution in [0.4, 0.5) is 5.82 Å². The largest absolute Gasteiger partial charge is 0.310 e. The van der Waals surface area contributed by atoms with Crippen molar-refractivity contribution in [3.63, 3.8) is 0 Å². The van der Waals surface area contributed by atoms with Crippen LogP contribution in [0.1, 0.15) is 31.9 Å². The van der Waals surface area contributed by atoms with Crippen molar-refractivity contribution in [2.75, 3.05) is 25.0 Å². The normalized spacial score (nSPS) is 19.2. The van der Waals surface area contributed by atoms with E-state index in [9.17, 15) is 4.79 Å². The summed E-state index contributed by atoms with van der Waals surface area (Å²) in [6.07, 6.45) is 3.05. The zero-order chi connectivity index (χ0) is 15.2. The molecule has 0 aliphatic carbocycles. The molecule has 1 amide bonds. The van der Waals surface area contributed by atoms with E-state index < -0.39 is 0 Å². The fraction of sp³-hybridized carbons (Fsp3) is 0.529. The van der Waals surface area contributed by atoms with Crippen LogP contribution in [0.15, 0.2) is 30.4 Å². The maximum Gasteiger partial charge on any atom is 0.229 e. The number of aryl methyl sites for hydroxylation is 1. The van der Waals surface area contributed by atoms with Gasteiger partial charge >= 0.3 is 0 Å². The number of likely N-dealkylation sites (tertiary alicyclic amines) is 1. The first kappa shape index (κ1) is 15.7. The van der Waals surface area contributed by atoms with Gasteiger partial charge in [-0.05, 0) is 51.8 Å². The molecular weight excluding hydrogens is 262 g/mol. The molecule has 2 heterocycles. The Morgan fingerprint density at radius 2 is 2.33 bits per heavy atom. The van der Waals surface area contributed by atoms with Crippen molar-refractivity contribution in [2.24, 2.45) is 5.92 Å². The summed E-state index contributed by atoms with van der Waals surface area (Å²) in [5.74, 6) is 0.804. The molecule has 1 saturated heterocycles. The Hall–Kier alpha value is -1.68. The van der Waals surface area contributed by atoms with Crippen molar-refractivity contribution in [3.05, 3.63) is 36.0 Å². The minimum absolute atomic E-state index is 0.0613. The lowest BCUT2D eigenvalue weighted by Crippen LogP contribution is -2.41. The molecule has 1 aliphatic heterocycles. The summed E-state index contributed by atoms with van der Waals surface area (Å²) in [7, 11) is 0. The lowest BCUT2D eigenvalue weighted by molar-refractivity contribution is -0.121. The third-order valence-electron chi connectivity index (χ3n) is 3.87. The van der Waals surface area contributed by atoms with Crippen LogP contribution in [0, 0.1) is 12.8 Å². The number of amides is 1. The van der Waals surface area contributed by atoms with E-state index in [0.29, 0.717) is 5.82 Å². The Labute approximate surface area is 127 Å². The van der Waals surface area contributed by atoms with Gasteiger partial charge in [-0.15, -0.1) is 6.58 Å². The van der Waals surface area contributed by atoms with Crippen LogP contribution < -0.4 is 5.32 Å². The zero-order valence-corrected chi connectivity index (χ0v) is 13.1. The summed E-state index contributed by atoms with van der Waals surface area (Å²) in [5, 5.41) is 2.94. The molecule has 4 heteroatoms. The van der Waals surface area contributed by atoms with Gasteiger partial charge in [0.2, 0.25) is 5.91 Å². The SMILES string of the molecule is C=C(C)CCN1CCC[C@@H](C(=O)Nc2cccc(C)n2)C1. The van der Waals surface area contributed by atoms with Crippen LogP contribution in [0.5, 0.6) is 0 Å². The Balaban J connectivity index is 1.88. The molecule has 1 N–H and O–H groups in total. The summed E-state index contributed by atoms with van der Waals surface area (Å²) >= 11 is 0. The van der Waals surface area contributed by atoms with E-state index in [4.69, 9.17) is 0 Å². The summed E-state index contributed by atoms with van der Waals surface area (Å²) in [6.45, 7) is 10.8. The minimum Gasteiger partial charge on any atom is -0.310 e. The topological polar surface area (TPSA) is 45.2 Å². The summed E-state index contributed by atoms with van der Waals surface area (Å²) in [6, 6.07) is 5.68. The number of rotatable bonds is 5. The van der Waals surface area contributed by atoms with E-state index in [-0.39, 0.29) is 11.8 Å². The molecule has 0 saturated carbocycles. The monoisotopic (exact) mass is 287 g/mol. The van der Waals surface area contributed by atoms with Crippen LogP contribution in [0.2, 0.25) is 0 Å². The van der Waals surface area contributed by atoms with Gasteiger partial charge in [0.1, 0.15) is 5.82 Å². The average Bonchev–Trinajstić information content (AvgIpc) is 2.45. The quantitative estimate of drug-likeness (QED) is 0.847. The second kappa shape index (κ2) is 7.36. The van der Waals surface area contributed by atoms with Crippen molar-refractivity contribution in [1.82, 2.24) is 9.88 Å². The Kier molecular flexibility index (Phi) is 5.51. The minimum atomic E-state index is 0.0613. The Bertz CT molecular complexity index is 513. The number of piperidine rings is 1. The molecule has 1 aromatic heterocycles. The molecular formula is C17H25N3O. The fourth-order valence-corrected chi connectivity index (χ4v) is 2.66. The standard InChI is InChI=1S/C17H25N3O/c1-13(2)9-11-20-10-5-7-15(12-20)17(21)19-16-8-4-6-14(3)18-16/h4,6,8,15H,1,5,7,9-12H2,2-3H3,(H,18,19,21)/t15-/m1/s1. The third kappa shape index (κ3) is 4.97. The van der Waals surface area contributed by atoms with Crippen molar-refractivity contribution in [2.45, 2.75) is 33.1 Å². The van der Waals surface area contributed by atoms with Crippen LogP contribution in [-0.2, 0) is 4.79 Å². The number of hydrogen-bond donors (Lipinski definition) is 1. The number of nitrogens with one attached hydrogen (secondary N) is 1. The number of carbonyl (C=O) groups excluding carboxylic acids is 1. The highest BCUT2D eigenvalue weighted by molar-refractivity contribution is 5.91. The van der Waals surface area contributed by atoms with Crippen LogP contribution in [0.25, 0.3) is 0 Å². The molecule has 0 spiro atoms. The summed E-state index contributed by atoms with van der Waals surface area (Å²) in [4.78, 5) is 19.1. The maximum absolute atomic E-state index is 12.4. The average molecular weight is 287 g/mol. The van der Waals surface area contributed by atoms with Gasteiger partial charge in [-0.3, -0.25) is 4.79 Å². The van der Waals surface area contributed by atoms with E-state index in [1.807, 2.05) is 25.1 Å². The van der Waals surface area contributed by atoms with Gasteiger partial charge in [-0.1, -0.05) is 11.6 Å². The van der Waals surface area contributed by atoms with Crippen molar-refractivity contribution < 1.29 is 4.79 Å². The van der Waals surface area contributed by atoms with Gasteiger partial charge < -0.3 is 10.2 Å². The first-order chi connectivity index (χ1) is 10.0. The summed E-state index contributed by atoms with van der Waals surface area (Å²) < 4.78 is 0. The molecule has 2 rings (SSSR count). The molecule has 0 aromatic carbocycles. The van der Waals surface area contributed by atoms with E-state index in [1.54, 1.807) is 0 Å². The van der Waals surface area contributed by atoms with Gasteiger partial charge in [0.05, 0.1) is 5.92 Å². The predicted octanol–water partition coefficient (Wildman–Crippen LogP) is 3.01. The molecule has 0 radical (unpaired) electrons. The van der Waals surface area contributed by atoms with Crippen molar-refractivity contribution in [3.8, 4) is 0 Å². The highest BCUT2D eigenvalue weighted by Crippen LogP contribution is 2.19. The van der Waals surface area contributed by atoms with Crippen molar-refractivity contribution in [1.29, 1.82) is 0 Å². The number of anilines is 1. The third-order valence-corrected chi connectivity index (χ3v) is 3.87. The molecule has 1 aromatic rings. The highest BCUT2D eigenvalue weighted by Gasteiger charge is 2.25. The van der Waals surface area contributed by atoms with Crippen molar-refractivity contribution >= 4 is 11.7 Å². The number of hydrogen-bond acceptors (Lipinski definition) is 3. The van der Waals surface area contributed by atoms with E-state index in [2.05, 4.69) is 28.7 Å².